The summed E-state index contributed by atoms with van der Waals surface area (Å²) < 4.78 is 1.94. The fraction of sp³-hybridized carbons (Fsp3) is 0.765. The van der Waals surface area contributed by atoms with E-state index in [1.807, 2.05) is 16.9 Å². The molecule has 0 spiro atoms. The first-order valence-electron chi connectivity index (χ1n) is 8.95. The molecular weight excluding hydrogens is 308 g/mol. The van der Waals surface area contributed by atoms with E-state index >= 15 is 0 Å². The predicted molar refractivity (Wildman–Crippen MR) is 92.5 cm³/mol. The maximum Gasteiger partial charge on any atom is 0.250 e. The van der Waals surface area contributed by atoms with Crippen LogP contribution in [0, 0.1) is 0 Å². The highest BCUT2D eigenvalue weighted by atomic mass is 32.2. The maximum atomic E-state index is 13.7. The number of piperidine rings is 1. The number of nitrogens with zero attached hydrogens (tertiary/aromatic N) is 3. The normalized spacial score (nSPS) is 30.7. The summed E-state index contributed by atoms with van der Waals surface area (Å²) in [6.45, 7) is 2.69. The zero-order chi connectivity index (χ0) is 15.7. The Hall–Kier alpha value is -1.01. The molecule has 2 aliphatic heterocycles. The lowest BCUT2D eigenvalue weighted by Gasteiger charge is -2.48. The largest absolute Gasteiger partial charge is 0.336 e. The molecule has 3 heterocycles. The second-order valence-corrected chi connectivity index (χ2v) is 8.34. The maximum absolute atomic E-state index is 13.7. The lowest BCUT2D eigenvalue weighted by atomic mass is 9.84. The van der Waals surface area contributed by atoms with Crippen molar-refractivity contribution >= 4 is 17.7 Å². The molecule has 1 aromatic heterocycles. The molecule has 3 aliphatic rings. The molecule has 5 nitrogen and oxygen atoms in total. The van der Waals surface area contributed by atoms with Crippen LogP contribution in [0.2, 0.25) is 0 Å². The third kappa shape index (κ3) is 2.70. The second-order valence-electron chi connectivity index (χ2n) is 6.99. The van der Waals surface area contributed by atoms with E-state index in [4.69, 9.17) is 0 Å². The summed E-state index contributed by atoms with van der Waals surface area (Å²) in [7, 11) is 0. The van der Waals surface area contributed by atoms with Crippen LogP contribution in [-0.2, 0) is 10.3 Å². The summed E-state index contributed by atoms with van der Waals surface area (Å²) in [5, 5.41) is 8.52. The summed E-state index contributed by atoms with van der Waals surface area (Å²) in [4.78, 5) is 15.9. The van der Waals surface area contributed by atoms with E-state index in [9.17, 15) is 4.79 Å². The van der Waals surface area contributed by atoms with Gasteiger partial charge in [-0.1, -0.05) is 12.8 Å². The van der Waals surface area contributed by atoms with Crippen LogP contribution in [0.15, 0.2) is 18.5 Å². The van der Waals surface area contributed by atoms with Crippen molar-refractivity contribution in [3.05, 3.63) is 18.5 Å². The molecule has 1 amide bonds. The Morgan fingerprint density at radius 1 is 1.26 bits per heavy atom. The van der Waals surface area contributed by atoms with Crippen LogP contribution in [0.25, 0.3) is 0 Å². The minimum atomic E-state index is -0.473. The van der Waals surface area contributed by atoms with Crippen LogP contribution < -0.4 is 5.32 Å². The van der Waals surface area contributed by atoms with Gasteiger partial charge in [-0.15, -0.1) is 0 Å². The van der Waals surface area contributed by atoms with Crippen molar-refractivity contribution in [1.82, 2.24) is 20.0 Å². The molecule has 1 saturated carbocycles. The number of hydrogen-bond acceptors (Lipinski definition) is 4. The second kappa shape index (κ2) is 6.48. The van der Waals surface area contributed by atoms with Gasteiger partial charge < -0.3 is 10.2 Å². The van der Waals surface area contributed by atoms with Crippen LogP contribution in [0.3, 0.4) is 0 Å². The molecule has 2 saturated heterocycles. The number of carbonyl (C=O) groups is 1. The number of aromatic nitrogens is 2. The van der Waals surface area contributed by atoms with Gasteiger partial charge in [-0.05, 0) is 44.8 Å². The fourth-order valence-corrected chi connectivity index (χ4v) is 5.96. The highest BCUT2D eigenvalue weighted by Gasteiger charge is 2.48. The number of nitrogens with one attached hydrogen (secondary N) is 1. The van der Waals surface area contributed by atoms with Crippen LogP contribution in [-0.4, -0.2) is 57.3 Å². The van der Waals surface area contributed by atoms with E-state index in [1.54, 1.807) is 6.20 Å². The molecule has 1 N–H and O–H groups in total. The monoisotopic (exact) mass is 334 g/mol. The van der Waals surface area contributed by atoms with Crippen molar-refractivity contribution in [1.29, 1.82) is 0 Å². The first kappa shape index (κ1) is 15.5. The minimum Gasteiger partial charge on any atom is -0.336 e. The number of hydrogen-bond donors (Lipinski definition) is 1. The molecule has 2 atom stereocenters. The number of amides is 1. The lowest BCUT2D eigenvalue weighted by Crippen LogP contribution is -2.61. The zero-order valence-electron chi connectivity index (χ0n) is 13.6. The molecule has 0 bridgehead atoms. The highest BCUT2D eigenvalue weighted by molar-refractivity contribution is 8.00. The molecule has 2 unspecified atom stereocenters. The summed E-state index contributed by atoms with van der Waals surface area (Å²) in [5.41, 5.74) is -0.473. The Morgan fingerprint density at radius 3 is 2.87 bits per heavy atom. The fourth-order valence-electron chi connectivity index (χ4n) is 4.52. The third-order valence-electron chi connectivity index (χ3n) is 5.76. The zero-order valence-corrected chi connectivity index (χ0v) is 14.4. The van der Waals surface area contributed by atoms with E-state index in [0.29, 0.717) is 17.2 Å². The van der Waals surface area contributed by atoms with Crippen molar-refractivity contribution < 1.29 is 4.79 Å². The van der Waals surface area contributed by atoms with Gasteiger partial charge in [0, 0.05) is 36.0 Å². The Morgan fingerprint density at radius 2 is 2.09 bits per heavy atom. The Labute approximate surface area is 142 Å². The molecule has 6 heteroatoms. The topological polar surface area (TPSA) is 50.2 Å². The van der Waals surface area contributed by atoms with Gasteiger partial charge >= 0.3 is 0 Å². The minimum absolute atomic E-state index is 0.319. The Kier molecular flexibility index (Phi) is 4.37. The molecule has 23 heavy (non-hydrogen) atoms. The first-order chi connectivity index (χ1) is 11.3. The summed E-state index contributed by atoms with van der Waals surface area (Å²) in [5.74, 6) is 1.40. The highest BCUT2D eigenvalue weighted by Crippen LogP contribution is 2.39. The predicted octanol–water partition coefficient (Wildman–Crippen LogP) is 1.85. The van der Waals surface area contributed by atoms with Gasteiger partial charge in [-0.2, -0.15) is 16.9 Å². The van der Waals surface area contributed by atoms with E-state index in [-0.39, 0.29) is 0 Å². The summed E-state index contributed by atoms with van der Waals surface area (Å²) >= 11 is 2.08. The van der Waals surface area contributed by atoms with Gasteiger partial charge in [-0.3, -0.25) is 9.48 Å². The van der Waals surface area contributed by atoms with Crippen LogP contribution in [0.5, 0.6) is 0 Å². The number of rotatable bonds is 2. The number of thioether (sulfide) groups is 1. The average molecular weight is 334 g/mol. The molecule has 1 aliphatic carbocycles. The smallest absolute Gasteiger partial charge is 0.250 e. The van der Waals surface area contributed by atoms with Gasteiger partial charge in [0.25, 0.3) is 5.91 Å². The van der Waals surface area contributed by atoms with Crippen molar-refractivity contribution in [2.45, 2.75) is 55.4 Å². The molecule has 1 aromatic rings. The van der Waals surface area contributed by atoms with E-state index in [0.717, 1.165) is 38.2 Å². The van der Waals surface area contributed by atoms with Gasteiger partial charge in [0.15, 0.2) is 0 Å². The number of carbonyl (C=O) groups excluding carboxylic acids is 1. The third-order valence-corrected chi connectivity index (χ3v) is 7.16. The average Bonchev–Trinajstić information content (AvgIpc) is 3.16. The van der Waals surface area contributed by atoms with Crippen LogP contribution in [0.1, 0.15) is 38.5 Å². The SMILES string of the molecule is O=C(N1CCSC2CCCCC21)C1(n2cccn2)CCNCC1. The van der Waals surface area contributed by atoms with Gasteiger partial charge in [0.05, 0.1) is 0 Å². The molecule has 126 valence electrons. The van der Waals surface area contributed by atoms with Crippen molar-refractivity contribution in [2.75, 3.05) is 25.4 Å². The van der Waals surface area contributed by atoms with Crippen molar-refractivity contribution in [3.8, 4) is 0 Å². The summed E-state index contributed by atoms with van der Waals surface area (Å²) in [6.07, 6.45) is 10.5. The quantitative estimate of drug-likeness (QED) is 0.897. The first-order valence-corrected chi connectivity index (χ1v) is 10.00. The van der Waals surface area contributed by atoms with Gasteiger partial charge in [0.1, 0.15) is 5.54 Å². The Bertz CT molecular complexity index is 539. The van der Waals surface area contributed by atoms with Crippen molar-refractivity contribution in [2.24, 2.45) is 0 Å². The molecule has 3 fully saturated rings. The van der Waals surface area contributed by atoms with Gasteiger partial charge in [-0.25, -0.2) is 0 Å². The van der Waals surface area contributed by atoms with E-state index in [1.165, 1.54) is 25.7 Å². The molecule has 4 rings (SSSR count). The van der Waals surface area contributed by atoms with Crippen LogP contribution >= 0.6 is 11.8 Å². The molecular formula is C17H26N4OS. The van der Waals surface area contributed by atoms with Gasteiger partial charge in [0.2, 0.25) is 0 Å². The van der Waals surface area contributed by atoms with Crippen LogP contribution in [0.4, 0.5) is 0 Å². The molecule has 0 aromatic carbocycles. The lowest BCUT2D eigenvalue weighted by molar-refractivity contribution is -0.146. The Balaban J connectivity index is 1.64. The number of fused-ring (bicyclic) bond motifs is 1. The summed E-state index contributed by atoms with van der Waals surface area (Å²) in [6, 6.07) is 2.38. The van der Waals surface area contributed by atoms with E-state index < -0.39 is 5.54 Å². The molecule has 0 radical (unpaired) electrons. The van der Waals surface area contributed by atoms with E-state index in [2.05, 4.69) is 27.1 Å². The van der Waals surface area contributed by atoms with Crippen molar-refractivity contribution in [3.63, 3.8) is 0 Å². The standard InChI is InChI=1S/C17H26N4OS/c22-16(20-12-13-23-15-5-2-1-4-14(15)20)17(6-9-18-10-7-17)21-11-3-8-19-21/h3,8,11,14-15,18H,1-2,4-7,9-10,12-13H2.